The Kier molecular flexibility index (Phi) is 5.68. The van der Waals surface area contributed by atoms with Crippen LogP contribution in [0.1, 0.15) is 46.5 Å². The molecule has 1 heterocycles. The smallest absolute Gasteiger partial charge is 0.192 e. The van der Waals surface area contributed by atoms with Crippen molar-refractivity contribution in [3.8, 4) is 0 Å². The van der Waals surface area contributed by atoms with Gasteiger partial charge < -0.3 is 15.1 Å². The molecule has 2 rings (SSSR count). The molecule has 0 unspecified atom stereocenters. The molecule has 2 fully saturated rings. The average Bonchev–Trinajstić information content (AvgIpc) is 3.26. The summed E-state index contributed by atoms with van der Waals surface area (Å²) >= 11 is 0. The van der Waals surface area contributed by atoms with E-state index in [2.05, 4.69) is 25.7 Å². The van der Waals surface area contributed by atoms with E-state index in [1.165, 1.54) is 43.9 Å². The van der Waals surface area contributed by atoms with Gasteiger partial charge in [0, 0.05) is 6.54 Å². The van der Waals surface area contributed by atoms with Crippen LogP contribution in [0.15, 0.2) is 0 Å². The highest BCUT2D eigenvalue weighted by Crippen LogP contribution is 2.55. The highest BCUT2D eigenvalue weighted by Gasteiger charge is 2.54. The third kappa shape index (κ3) is 3.46. The minimum absolute atomic E-state index is 0.514. The van der Waals surface area contributed by atoms with Crippen molar-refractivity contribution in [3.05, 3.63) is 0 Å². The Morgan fingerprint density at radius 2 is 1.80 bits per heavy atom. The lowest BCUT2D eigenvalue weighted by atomic mass is 9.90. The molecule has 20 heavy (non-hydrogen) atoms. The first-order chi connectivity index (χ1) is 9.63. The van der Waals surface area contributed by atoms with Crippen LogP contribution in [0.2, 0.25) is 18.1 Å². The second-order valence-electron chi connectivity index (χ2n) is 6.91. The molecule has 3 nitrogen and oxygen atoms in total. The summed E-state index contributed by atoms with van der Waals surface area (Å²) in [5, 5.41) is 0. The molecule has 1 aliphatic carbocycles. The first-order valence-electron chi connectivity index (χ1n) is 8.74. The number of likely N-dealkylation sites (tertiary alicyclic amines) is 1. The molecular formula is C16H34N2OSi. The summed E-state index contributed by atoms with van der Waals surface area (Å²) < 4.78 is 6.88. The molecule has 0 amide bonds. The van der Waals surface area contributed by atoms with Crippen LogP contribution >= 0.6 is 0 Å². The van der Waals surface area contributed by atoms with E-state index in [0.29, 0.717) is 11.5 Å². The van der Waals surface area contributed by atoms with E-state index in [1.54, 1.807) is 0 Å². The standard InChI is InChI=1S/C16H34N2OSi/c1-4-20(5-2,6-3)19-15-14-18(12-7-11-17)13-10-16(15)8-9-16/h15H,4-14,17H2,1-3H3/t15-/m1/s1. The van der Waals surface area contributed by atoms with Crippen LogP contribution in [-0.2, 0) is 4.43 Å². The van der Waals surface area contributed by atoms with E-state index >= 15 is 0 Å². The molecule has 0 aromatic heterocycles. The number of hydrogen-bond donors (Lipinski definition) is 1. The number of piperidine rings is 1. The Morgan fingerprint density at radius 1 is 1.15 bits per heavy atom. The van der Waals surface area contributed by atoms with Gasteiger partial charge in [-0.2, -0.15) is 0 Å². The van der Waals surface area contributed by atoms with Gasteiger partial charge in [-0.3, -0.25) is 0 Å². The Morgan fingerprint density at radius 3 is 2.30 bits per heavy atom. The van der Waals surface area contributed by atoms with Gasteiger partial charge in [0.25, 0.3) is 0 Å². The number of nitrogens with two attached hydrogens (primary N) is 1. The zero-order valence-corrected chi connectivity index (χ0v) is 14.8. The summed E-state index contributed by atoms with van der Waals surface area (Å²) in [6, 6.07) is 3.82. The second kappa shape index (κ2) is 6.90. The molecule has 4 heteroatoms. The third-order valence-electron chi connectivity index (χ3n) is 5.93. The van der Waals surface area contributed by atoms with Gasteiger partial charge in [0.05, 0.1) is 6.10 Å². The fraction of sp³-hybridized carbons (Fsp3) is 1.00. The van der Waals surface area contributed by atoms with Gasteiger partial charge in [-0.25, -0.2) is 0 Å². The predicted octanol–water partition coefficient (Wildman–Crippen LogP) is 3.21. The van der Waals surface area contributed by atoms with Crippen LogP contribution in [0.4, 0.5) is 0 Å². The Bertz CT molecular complexity index is 295. The van der Waals surface area contributed by atoms with Crippen LogP contribution in [0.5, 0.6) is 0 Å². The monoisotopic (exact) mass is 298 g/mol. The van der Waals surface area contributed by atoms with Crippen molar-refractivity contribution < 1.29 is 4.43 Å². The molecule has 0 bridgehead atoms. The van der Waals surface area contributed by atoms with Gasteiger partial charge in [-0.15, -0.1) is 0 Å². The third-order valence-corrected chi connectivity index (χ3v) is 10.6. The van der Waals surface area contributed by atoms with Crippen molar-refractivity contribution in [1.29, 1.82) is 0 Å². The Hall–Kier alpha value is 0.0969. The zero-order chi connectivity index (χ0) is 14.6. The first-order valence-corrected chi connectivity index (χ1v) is 11.3. The Labute approximate surface area is 126 Å². The van der Waals surface area contributed by atoms with Crippen molar-refractivity contribution in [3.63, 3.8) is 0 Å². The van der Waals surface area contributed by atoms with E-state index in [9.17, 15) is 0 Å². The maximum Gasteiger partial charge on any atom is 0.192 e. The molecule has 1 saturated heterocycles. The van der Waals surface area contributed by atoms with E-state index < -0.39 is 8.32 Å². The van der Waals surface area contributed by atoms with Gasteiger partial charge >= 0.3 is 0 Å². The van der Waals surface area contributed by atoms with Crippen molar-refractivity contribution >= 4 is 8.32 Å². The van der Waals surface area contributed by atoms with E-state index in [1.807, 2.05) is 0 Å². The average molecular weight is 299 g/mol. The quantitative estimate of drug-likeness (QED) is 0.699. The molecule has 2 N–H and O–H groups in total. The lowest BCUT2D eigenvalue weighted by Crippen LogP contribution is -2.52. The van der Waals surface area contributed by atoms with Crippen molar-refractivity contribution in [1.82, 2.24) is 4.90 Å². The van der Waals surface area contributed by atoms with Crippen LogP contribution in [0, 0.1) is 5.41 Å². The predicted molar refractivity (Wildman–Crippen MR) is 88.5 cm³/mol. The van der Waals surface area contributed by atoms with Gasteiger partial charge in [0.1, 0.15) is 0 Å². The summed E-state index contributed by atoms with van der Waals surface area (Å²) in [5.74, 6) is 0. The topological polar surface area (TPSA) is 38.5 Å². The molecule has 0 aromatic rings. The number of rotatable bonds is 8. The summed E-state index contributed by atoms with van der Waals surface area (Å²) in [6.45, 7) is 11.4. The Balaban J connectivity index is 1.99. The molecule has 0 aromatic carbocycles. The lowest BCUT2D eigenvalue weighted by molar-refractivity contribution is 0.0184. The zero-order valence-electron chi connectivity index (χ0n) is 13.8. The minimum Gasteiger partial charge on any atom is -0.412 e. The molecular weight excluding hydrogens is 264 g/mol. The summed E-state index contributed by atoms with van der Waals surface area (Å²) in [7, 11) is -1.47. The van der Waals surface area contributed by atoms with E-state index in [-0.39, 0.29) is 0 Å². The molecule has 0 radical (unpaired) electrons. The molecule has 1 aliphatic heterocycles. The molecule has 1 spiro atoms. The van der Waals surface area contributed by atoms with Crippen molar-refractivity contribution in [2.45, 2.75) is 70.7 Å². The van der Waals surface area contributed by atoms with Gasteiger partial charge in [-0.1, -0.05) is 20.8 Å². The molecule has 1 atom stereocenters. The maximum absolute atomic E-state index is 6.88. The van der Waals surface area contributed by atoms with Crippen LogP contribution < -0.4 is 5.73 Å². The van der Waals surface area contributed by atoms with Crippen molar-refractivity contribution in [2.75, 3.05) is 26.2 Å². The fourth-order valence-electron chi connectivity index (χ4n) is 3.78. The lowest BCUT2D eigenvalue weighted by Gasteiger charge is -2.44. The first kappa shape index (κ1) is 16.5. The van der Waals surface area contributed by atoms with Crippen LogP contribution in [-0.4, -0.2) is 45.5 Å². The highest BCUT2D eigenvalue weighted by molar-refractivity contribution is 6.73. The van der Waals surface area contributed by atoms with Crippen molar-refractivity contribution in [2.24, 2.45) is 11.1 Å². The molecule has 1 saturated carbocycles. The number of hydrogen-bond acceptors (Lipinski definition) is 3. The second-order valence-corrected chi connectivity index (χ2v) is 11.6. The summed E-state index contributed by atoms with van der Waals surface area (Å²) in [5.41, 5.74) is 6.23. The molecule has 118 valence electrons. The van der Waals surface area contributed by atoms with Crippen LogP contribution in [0.3, 0.4) is 0 Å². The van der Waals surface area contributed by atoms with E-state index in [4.69, 9.17) is 10.2 Å². The van der Waals surface area contributed by atoms with Gasteiger partial charge in [0.2, 0.25) is 0 Å². The number of nitrogens with zero attached hydrogens (tertiary/aromatic N) is 1. The summed E-state index contributed by atoms with van der Waals surface area (Å²) in [6.07, 6.45) is 5.80. The normalized spacial score (nSPS) is 26.1. The minimum atomic E-state index is -1.47. The van der Waals surface area contributed by atoms with Gasteiger partial charge in [0.15, 0.2) is 8.32 Å². The van der Waals surface area contributed by atoms with E-state index in [0.717, 1.165) is 26.1 Å². The fourth-order valence-corrected chi connectivity index (χ4v) is 6.70. The molecule has 2 aliphatic rings. The highest BCUT2D eigenvalue weighted by atomic mass is 28.4. The van der Waals surface area contributed by atoms with Crippen LogP contribution in [0.25, 0.3) is 0 Å². The van der Waals surface area contributed by atoms with Gasteiger partial charge in [-0.05, 0) is 68.9 Å². The SMILES string of the molecule is CC[Si](CC)(CC)O[C@@H]1CN(CCCN)CCC12CC2. The largest absolute Gasteiger partial charge is 0.412 e. The summed E-state index contributed by atoms with van der Waals surface area (Å²) in [4.78, 5) is 2.60. The maximum atomic E-state index is 6.88.